The highest BCUT2D eigenvalue weighted by molar-refractivity contribution is 4.98. The van der Waals surface area contributed by atoms with Gasteiger partial charge in [0, 0.05) is 0 Å². The van der Waals surface area contributed by atoms with Crippen LogP contribution in [-0.2, 0) is 9.47 Å². The van der Waals surface area contributed by atoms with Crippen LogP contribution in [0.3, 0.4) is 0 Å². The van der Waals surface area contributed by atoms with Crippen molar-refractivity contribution in [3.8, 4) is 0 Å². The maximum absolute atomic E-state index is 9.93. The van der Waals surface area contributed by atoms with E-state index in [-0.39, 0.29) is 6.61 Å². The van der Waals surface area contributed by atoms with Crippen LogP contribution in [-0.4, -0.2) is 64.3 Å². The van der Waals surface area contributed by atoms with Crippen LogP contribution in [0.5, 0.6) is 0 Å². The second-order valence-electron chi connectivity index (χ2n) is 8.40. The van der Waals surface area contributed by atoms with Crippen molar-refractivity contribution in [2.75, 3.05) is 13.2 Å². The van der Waals surface area contributed by atoms with Crippen molar-refractivity contribution < 1.29 is 29.9 Å². The van der Waals surface area contributed by atoms with E-state index in [1.54, 1.807) is 0 Å². The number of hydrogen-bond donors (Lipinski definition) is 4. The molecule has 0 aromatic carbocycles. The molecule has 0 bridgehead atoms. The Kier molecular flexibility index (Phi) is 11.7. The number of allylic oxidation sites excluding steroid dienone is 1. The van der Waals surface area contributed by atoms with Gasteiger partial charge in [-0.05, 0) is 31.6 Å². The summed E-state index contributed by atoms with van der Waals surface area (Å²) in [4.78, 5) is 0. The molecule has 0 aromatic rings. The standard InChI is InChI=1S/C21H40O6/c1-14(2)7-5-8-15(3)9-6-10-16(4)11-12-26-21-20(25)19(24)18(23)17(13-22)27-21/h11,14-15,17-25H,5-10,12-13H2,1-4H3. The minimum absolute atomic E-state index is 0.248. The molecule has 1 rings (SSSR count). The summed E-state index contributed by atoms with van der Waals surface area (Å²) in [5, 5.41) is 38.6. The van der Waals surface area contributed by atoms with Gasteiger partial charge in [0.05, 0.1) is 13.2 Å². The molecular weight excluding hydrogens is 348 g/mol. The largest absolute Gasteiger partial charge is 0.394 e. The lowest BCUT2D eigenvalue weighted by Crippen LogP contribution is -2.59. The molecular formula is C21H40O6. The average molecular weight is 389 g/mol. The van der Waals surface area contributed by atoms with E-state index in [0.717, 1.165) is 24.7 Å². The molecule has 0 radical (unpaired) electrons. The second-order valence-corrected chi connectivity index (χ2v) is 8.40. The molecule has 27 heavy (non-hydrogen) atoms. The summed E-state index contributed by atoms with van der Waals surface area (Å²) in [6.45, 7) is 8.71. The van der Waals surface area contributed by atoms with Crippen LogP contribution in [0.2, 0.25) is 0 Å². The molecule has 1 aliphatic rings. The van der Waals surface area contributed by atoms with Crippen LogP contribution in [0.15, 0.2) is 11.6 Å². The van der Waals surface area contributed by atoms with Gasteiger partial charge in [-0.15, -0.1) is 0 Å². The molecule has 0 saturated carbocycles. The fraction of sp³-hybridized carbons (Fsp3) is 0.905. The fourth-order valence-electron chi connectivity index (χ4n) is 3.34. The van der Waals surface area contributed by atoms with Gasteiger partial charge in [-0.2, -0.15) is 0 Å². The summed E-state index contributed by atoms with van der Waals surface area (Å²) in [7, 11) is 0. The molecule has 1 saturated heterocycles. The number of rotatable bonds is 12. The van der Waals surface area contributed by atoms with Crippen molar-refractivity contribution in [3.63, 3.8) is 0 Å². The van der Waals surface area contributed by atoms with E-state index in [2.05, 4.69) is 27.7 Å². The molecule has 0 spiro atoms. The number of aliphatic hydroxyl groups is 4. The quantitative estimate of drug-likeness (QED) is 0.383. The smallest absolute Gasteiger partial charge is 0.187 e. The molecule has 0 aliphatic carbocycles. The lowest BCUT2D eigenvalue weighted by Gasteiger charge is -2.39. The first kappa shape index (κ1) is 24.5. The number of ether oxygens (including phenoxy) is 2. The summed E-state index contributed by atoms with van der Waals surface area (Å²) in [6.07, 6.45) is 3.12. The van der Waals surface area contributed by atoms with Crippen LogP contribution in [0.25, 0.3) is 0 Å². The Labute approximate surface area is 164 Å². The molecule has 1 fully saturated rings. The highest BCUT2D eigenvalue weighted by atomic mass is 16.7. The van der Waals surface area contributed by atoms with Gasteiger partial charge in [-0.1, -0.05) is 58.1 Å². The second kappa shape index (κ2) is 12.9. The Morgan fingerprint density at radius 3 is 2.30 bits per heavy atom. The van der Waals surface area contributed by atoms with Crippen molar-refractivity contribution in [3.05, 3.63) is 11.6 Å². The van der Waals surface area contributed by atoms with Gasteiger partial charge >= 0.3 is 0 Å². The van der Waals surface area contributed by atoms with Gasteiger partial charge in [0.2, 0.25) is 0 Å². The normalized spacial score (nSPS) is 30.7. The molecule has 0 aromatic heterocycles. The van der Waals surface area contributed by atoms with E-state index in [4.69, 9.17) is 9.47 Å². The van der Waals surface area contributed by atoms with E-state index in [1.165, 1.54) is 31.3 Å². The van der Waals surface area contributed by atoms with E-state index in [9.17, 15) is 20.4 Å². The van der Waals surface area contributed by atoms with Crippen LogP contribution >= 0.6 is 0 Å². The van der Waals surface area contributed by atoms with Crippen molar-refractivity contribution in [2.24, 2.45) is 11.8 Å². The maximum atomic E-state index is 9.93. The molecule has 6 atom stereocenters. The molecule has 160 valence electrons. The Balaban J connectivity index is 2.26. The first-order chi connectivity index (χ1) is 12.8. The molecule has 6 heteroatoms. The lowest BCUT2D eigenvalue weighted by atomic mass is 9.94. The van der Waals surface area contributed by atoms with Crippen LogP contribution in [0.1, 0.15) is 66.2 Å². The Hall–Kier alpha value is -0.500. The molecule has 0 amide bonds. The molecule has 6 nitrogen and oxygen atoms in total. The summed E-state index contributed by atoms with van der Waals surface area (Å²) in [5.41, 5.74) is 1.22. The number of aliphatic hydroxyl groups excluding tert-OH is 4. The third kappa shape index (κ3) is 9.03. The Morgan fingerprint density at radius 1 is 1.00 bits per heavy atom. The Morgan fingerprint density at radius 2 is 1.67 bits per heavy atom. The maximum Gasteiger partial charge on any atom is 0.187 e. The molecule has 4 N–H and O–H groups in total. The van der Waals surface area contributed by atoms with Crippen molar-refractivity contribution in [2.45, 2.75) is 96.9 Å². The van der Waals surface area contributed by atoms with E-state index in [0.29, 0.717) is 0 Å². The third-order valence-corrected chi connectivity index (χ3v) is 5.29. The van der Waals surface area contributed by atoms with E-state index >= 15 is 0 Å². The van der Waals surface area contributed by atoms with Crippen molar-refractivity contribution in [1.82, 2.24) is 0 Å². The first-order valence-corrected chi connectivity index (χ1v) is 10.3. The third-order valence-electron chi connectivity index (χ3n) is 5.29. The van der Waals surface area contributed by atoms with Gasteiger partial charge in [0.25, 0.3) is 0 Å². The SMILES string of the molecule is CC(=CCOC1OC(CO)C(O)C(O)C1O)CCCC(C)CCCC(C)C. The van der Waals surface area contributed by atoms with Gasteiger partial charge in [-0.3, -0.25) is 0 Å². The van der Waals surface area contributed by atoms with Gasteiger partial charge in [-0.25, -0.2) is 0 Å². The van der Waals surface area contributed by atoms with Crippen molar-refractivity contribution >= 4 is 0 Å². The zero-order valence-corrected chi connectivity index (χ0v) is 17.4. The van der Waals surface area contributed by atoms with Crippen LogP contribution in [0.4, 0.5) is 0 Å². The highest BCUT2D eigenvalue weighted by Gasteiger charge is 2.43. The van der Waals surface area contributed by atoms with Gasteiger partial charge in [0.1, 0.15) is 24.4 Å². The minimum atomic E-state index is -1.40. The van der Waals surface area contributed by atoms with Crippen molar-refractivity contribution in [1.29, 1.82) is 0 Å². The summed E-state index contributed by atoms with van der Waals surface area (Å²) in [6, 6.07) is 0. The van der Waals surface area contributed by atoms with Crippen LogP contribution < -0.4 is 0 Å². The van der Waals surface area contributed by atoms with Gasteiger partial charge in [0.15, 0.2) is 6.29 Å². The minimum Gasteiger partial charge on any atom is -0.394 e. The van der Waals surface area contributed by atoms with Gasteiger partial charge < -0.3 is 29.9 Å². The molecule has 1 heterocycles. The summed E-state index contributed by atoms with van der Waals surface area (Å²) < 4.78 is 10.8. The van der Waals surface area contributed by atoms with E-state index in [1.807, 2.05) is 6.08 Å². The lowest BCUT2D eigenvalue weighted by molar-refractivity contribution is -0.298. The van der Waals surface area contributed by atoms with Crippen LogP contribution in [0, 0.1) is 11.8 Å². The predicted octanol–water partition coefficient (Wildman–Crippen LogP) is 2.38. The zero-order chi connectivity index (χ0) is 20.4. The summed E-state index contributed by atoms with van der Waals surface area (Å²) >= 11 is 0. The number of hydrogen-bond acceptors (Lipinski definition) is 6. The predicted molar refractivity (Wildman–Crippen MR) is 105 cm³/mol. The summed E-state index contributed by atoms with van der Waals surface area (Å²) in [5.74, 6) is 1.54. The monoisotopic (exact) mass is 388 g/mol. The topological polar surface area (TPSA) is 99.4 Å². The van der Waals surface area contributed by atoms with E-state index < -0.39 is 37.3 Å². The first-order valence-electron chi connectivity index (χ1n) is 10.3. The zero-order valence-electron chi connectivity index (χ0n) is 17.4. The Bertz CT molecular complexity index is 423. The molecule has 6 unspecified atom stereocenters. The molecule has 1 aliphatic heterocycles. The fourth-order valence-corrected chi connectivity index (χ4v) is 3.34. The highest BCUT2D eigenvalue weighted by Crippen LogP contribution is 2.22. The average Bonchev–Trinajstić information content (AvgIpc) is 2.61.